The minimum Gasteiger partial charge on any atom is -0.300 e. The lowest BCUT2D eigenvalue weighted by molar-refractivity contribution is -0.138. The first kappa shape index (κ1) is 15.1. The van der Waals surface area contributed by atoms with Gasteiger partial charge in [-0.15, -0.1) is 11.8 Å². The van der Waals surface area contributed by atoms with Crippen molar-refractivity contribution in [2.75, 3.05) is 5.75 Å². The molecule has 1 aromatic rings. The summed E-state index contributed by atoms with van der Waals surface area (Å²) in [5.41, 5.74) is -0.384. The first-order chi connectivity index (χ1) is 8.34. The van der Waals surface area contributed by atoms with E-state index in [2.05, 4.69) is 0 Å². The maximum atomic E-state index is 12.7. The molecule has 0 unspecified atom stereocenters. The number of aryl methyl sites for hydroxylation is 1. The number of thioether (sulfide) groups is 1. The molecule has 1 rings (SSSR count). The van der Waals surface area contributed by atoms with Gasteiger partial charge in [-0.2, -0.15) is 13.2 Å². The SMILES string of the molecule is CCC(=O)CCSc1ccc(C)c(C(F)(F)F)c1. The smallest absolute Gasteiger partial charge is 0.300 e. The molecule has 0 N–H and O–H groups in total. The van der Waals surface area contributed by atoms with Gasteiger partial charge in [-0.05, 0) is 24.6 Å². The second kappa shape index (κ2) is 6.27. The Morgan fingerprint density at radius 2 is 2.00 bits per heavy atom. The van der Waals surface area contributed by atoms with Crippen LogP contribution in [0.15, 0.2) is 23.1 Å². The van der Waals surface area contributed by atoms with Crippen LogP contribution in [-0.2, 0) is 11.0 Å². The van der Waals surface area contributed by atoms with Gasteiger partial charge in [-0.3, -0.25) is 4.79 Å². The average Bonchev–Trinajstić information content (AvgIpc) is 2.29. The van der Waals surface area contributed by atoms with E-state index >= 15 is 0 Å². The lowest BCUT2D eigenvalue weighted by Gasteiger charge is -2.11. The van der Waals surface area contributed by atoms with Crippen LogP contribution in [0.5, 0.6) is 0 Å². The summed E-state index contributed by atoms with van der Waals surface area (Å²) in [7, 11) is 0. The topological polar surface area (TPSA) is 17.1 Å². The number of hydrogen-bond donors (Lipinski definition) is 0. The van der Waals surface area contributed by atoms with Crippen LogP contribution in [0.25, 0.3) is 0 Å². The van der Waals surface area contributed by atoms with Crippen LogP contribution in [0.4, 0.5) is 13.2 Å². The molecule has 0 atom stereocenters. The van der Waals surface area contributed by atoms with Gasteiger partial charge in [0.05, 0.1) is 5.56 Å². The number of halogens is 3. The molecule has 0 radical (unpaired) electrons. The number of carbonyl (C=O) groups is 1. The first-order valence-corrected chi connectivity index (χ1v) is 6.65. The molecular weight excluding hydrogens is 261 g/mol. The second-order valence-electron chi connectivity index (χ2n) is 3.97. The molecule has 0 saturated carbocycles. The highest BCUT2D eigenvalue weighted by Crippen LogP contribution is 2.34. The van der Waals surface area contributed by atoms with Crippen molar-refractivity contribution in [3.63, 3.8) is 0 Å². The van der Waals surface area contributed by atoms with Crippen molar-refractivity contribution in [1.82, 2.24) is 0 Å². The predicted octanol–water partition coefficient (Wildman–Crippen LogP) is 4.48. The zero-order valence-corrected chi connectivity index (χ0v) is 11.1. The van der Waals surface area contributed by atoms with Crippen LogP contribution in [0.1, 0.15) is 30.9 Å². The standard InChI is InChI=1S/C13H15F3OS/c1-3-10(17)6-7-18-11-5-4-9(2)12(8-11)13(14,15)16/h4-5,8H,3,6-7H2,1-2H3. The van der Waals surface area contributed by atoms with E-state index in [4.69, 9.17) is 0 Å². The molecule has 0 aliphatic heterocycles. The number of ketones is 1. The zero-order chi connectivity index (χ0) is 13.8. The molecule has 1 aromatic carbocycles. The fourth-order valence-electron chi connectivity index (χ4n) is 1.46. The Kier molecular flexibility index (Phi) is 5.26. The highest BCUT2D eigenvalue weighted by Gasteiger charge is 2.32. The Bertz CT molecular complexity index is 427. The molecular formula is C13H15F3OS. The minimum atomic E-state index is -4.32. The first-order valence-electron chi connectivity index (χ1n) is 5.67. The highest BCUT2D eigenvalue weighted by atomic mass is 32.2. The van der Waals surface area contributed by atoms with E-state index in [-0.39, 0.29) is 11.3 Å². The van der Waals surface area contributed by atoms with Gasteiger partial charge < -0.3 is 0 Å². The maximum Gasteiger partial charge on any atom is 0.416 e. The monoisotopic (exact) mass is 276 g/mol. The van der Waals surface area contributed by atoms with Crippen LogP contribution >= 0.6 is 11.8 Å². The van der Waals surface area contributed by atoms with Crippen LogP contribution in [0.2, 0.25) is 0 Å². The summed E-state index contributed by atoms with van der Waals surface area (Å²) in [5, 5.41) is 0. The molecule has 18 heavy (non-hydrogen) atoms. The van der Waals surface area contributed by atoms with Gasteiger partial charge in [0.1, 0.15) is 5.78 Å². The van der Waals surface area contributed by atoms with Crippen LogP contribution in [0, 0.1) is 6.92 Å². The lowest BCUT2D eigenvalue weighted by Crippen LogP contribution is -2.07. The van der Waals surface area contributed by atoms with Gasteiger partial charge in [0.25, 0.3) is 0 Å². The summed E-state index contributed by atoms with van der Waals surface area (Å²) in [6.07, 6.45) is -3.45. The Labute approximate surface area is 109 Å². The third-order valence-electron chi connectivity index (χ3n) is 2.56. The van der Waals surface area contributed by atoms with E-state index < -0.39 is 11.7 Å². The van der Waals surface area contributed by atoms with E-state index in [1.807, 2.05) is 0 Å². The molecule has 0 saturated heterocycles. The number of carbonyl (C=O) groups excluding carboxylic acids is 1. The van der Waals surface area contributed by atoms with Gasteiger partial charge in [-0.1, -0.05) is 13.0 Å². The Balaban J connectivity index is 2.71. The van der Waals surface area contributed by atoms with Crippen molar-refractivity contribution in [3.8, 4) is 0 Å². The third kappa shape index (κ3) is 4.37. The molecule has 0 aliphatic carbocycles. The van der Waals surface area contributed by atoms with Gasteiger partial charge in [0.15, 0.2) is 0 Å². The average molecular weight is 276 g/mol. The van der Waals surface area contributed by atoms with E-state index in [1.54, 1.807) is 13.0 Å². The van der Waals surface area contributed by atoms with Gasteiger partial charge in [0, 0.05) is 23.5 Å². The van der Waals surface area contributed by atoms with Crippen molar-refractivity contribution < 1.29 is 18.0 Å². The van der Waals surface area contributed by atoms with E-state index in [9.17, 15) is 18.0 Å². The second-order valence-corrected chi connectivity index (χ2v) is 5.13. The number of rotatable bonds is 5. The van der Waals surface area contributed by atoms with E-state index in [0.717, 1.165) is 6.07 Å². The summed E-state index contributed by atoms with van der Waals surface area (Å²) in [5.74, 6) is 0.651. The van der Waals surface area contributed by atoms with Crippen molar-refractivity contribution in [2.45, 2.75) is 37.8 Å². The van der Waals surface area contributed by atoms with Crippen LogP contribution < -0.4 is 0 Å². The minimum absolute atomic E-state index is 0.130. The summed E-state index contributed by atoms with van der Waals surface area (Å²) >= 11 is 1.28. The van der Waals surface area contributed by atoms with Crippen molar-refractivity contribution in [2.24, 2.45) is 0 Å². The van der Waals surface area contributed by atoms with Gasteiger partial charge >= 0.3 is 6.18 Å². The number of benzene rings is 1. The van der Waals surface area contributed by atoms with E-state index in [1.165, 1.54) is 24.8 Å². The van der Waals surface area contributed by atoms with E-state index in [0.29, 0.717) is 23.5 Å². The normalized spacial score (nSPS) is 11.6. The Morgan fingerprint density at radius 1 is 1.33 bits per heavy atom. The van der Waals surface area contributed by atoms with Crippen molar-refractivity contribution in [3.05, 3.63) is 29.3 Å². The van der Waals surface area contributed by atoms with Gasteiger partial charge in [0.2, 0.25) is 0 Å². The predicted molar refractivity (Wildman–Crippen MR) is 66.8 cm³/mol. The molecule has 0 heterocycles. The molecule has 0 fully saturated rings. The number of Topliss-reactive ketones (excluding diaryl/α,β-unsaturated/α-hetero) is 1. The van der Waals surface area contributed by atoms with Crippen LogP contribution in [0.3, 0.4) is 0 Å². The zero-order valence-electron chi connectivity index (χ0n) is 10.3. The van der Waals surface area contributed by atoms with Crippen molar-refractivity contribution in [1.29, 1.82) is 0 Å². The summed E-state index contributed by atoms with van der Waals surface area (Å²) in [4.78, 5) is 11.6. The summed E-state index contributed by atoms with van der Waals surface area (Å²) in [6.45, 7) is 3.22. The fourth-order valence-corrected chi connectivity index (χ4v) is 2.39. The molecule has 1 nitrogen and oxygen atoms in total. The molecule has 0 aliphatic rings. The quantitative estimate of drug-likeness (QED) is 0.738. The Hall–Kier alpha value is -0.970. The molecule has 0 spiro atoms. The summed E-state index contributed by atoms with van der Waals surface area (Å²) < 4.78 is 38.0. The molecule has 0 bridgehead atoms. The number of hydrogen-bond acceptors (Lipinski definition) is 2. The Morgan fingerprint density at radius 3 is 2.56 bits per heavy atom. The lowest BCUT2D eigenvalue weighted by atomic mass is 10.1. The number of alkyl halides is 3. The molecule has 0 amide bonds. The van der Waals surface area contributed by atoms with Gasteiger partial charge in [-0.25, -0.2) is 0 Å². The molecule has 0 aromatic heterocycles. The highest BCUT2D eigenvalue weighted by molar-refractivity contribution is 7.99. The van der Waals surface area contributed by atoms with Crippen molar-refractivity contribution >= 4 is 17.5 Å². The largest absolute Gasteiger partial charge is 0.416 e. The molecule has 100 valence electrons. The summed E-state index contributed by atoms with van der Waals surface area (Å²) in [6, 6.07) is 4.27. The third-order valence-corrected chi connectivity index (χ3v) is 3.55. The fraction of sp³-hybridized carbons (Fsp3) is 0.462. The maximum absolute atomic E-state index is 12.7. The molecule has 5 heteroatoms. The van der Waals surface area contributed by atoms with Crippen LogP contribution in [-0.4, -0.2) is 11.5 Å².